The first-order valence-electron chi connectivity index (χ1n) is 9.81. The van der Waals surface area contributed by atoms with Crippen molar-refractivity contribution in [3.05, 3.63) is 0 Å². The number of amides is 1. The van der Waals surface area contributed by atoms with E-state index in [0.29, 0.717) is 0 Å². The summed E-state index contributed by atoms with van der Waals surface area (Å²) in [6.07, 6.45) is -8.93. The second-order valence-corrected chi connectivity index (χ2v) is 8.63. The molecular weight excluding hydrogens is 603 g/mol. The summed E-state index contributed by atoms with van der Waals surface area (Å²) in [5.41, 5.74) is 0. The molecule has 0 aliphatic heterocycles. The third kappa shape index (κ3) is 6.23. The Kier molecular flexibility index (Phi) is 9.98. The molecule has 232 valence electrons. The van der Waals surface area contributed by atoms with Crippen LogP contribution in [0.4, 0.5) is 74.6 Å². The minimum atomic E-state index is -8.77. The van der Waals surface area contributed by atoms with E-state index in [1.165, 1.54) is 14.1 Å². The first-order valence-corrected chi connectivity index (χ1v) is 9.81. The SMILES string of the molecule is C[N+](C)(CCCNC(=O)C(F)(F)C(F)(F)C(F)(F)C(F)(F)C(F)(F)C(F)(F)C(F)(F)C(F)(F)F)CCC(=O)[O-]. The van der Waals surface area contributed by atoms with Crippen LogP contribution < -0.4 is 10.4 Å². The highest BCUT2D eigenvalue weighted by Crippen LogP contribution is 2.63. The molecule has 0 aromatic carbocycles. The van der Waals surface area contributed by atoms with E-state index in [1.807, 2.05) is 0 Å². The maximum Gasteiger partial charge on any atom is 0.460 e. The lowest BCUT2D eigenvalue weighted by Crippen LogP contribution is -2.75. The molecule has 0 saturated heterocycles. The van der Waals surface area contributed by atoms with E-state index in [9.17, 15) is 89.3 Å². The van der Waals surface area contributed by atoms with Crippen molar-refractivity contribution >= 4 is 11.9 Å². The maximum atomic E-state index is 13.8. The number of hydrogen-bond acceptors (Lipinski definition) is 3. The van der Waals surface area contributed by atoms with Crippen LogP contribution in [0.15, 0.2) is 0 Å². The molecule has 0 radical (unpaired) electrons. The van der Waals surface area contributed by atoms with Gasteiger partial charge in [0.2, 0.25) is 0 Å². The number of carbonyl (C=O) groups excluding carboxylic acids is 2. The summed E-state index contributed by atoms with van der Waals surface area (Å²) in [6, 6.07) is 0. The Morgan fingerprint density at radius 3 is 1.33 bits per heavy atom. The first kappa shape index (κ1) is 36.7. The van der Waals surface area contributed by atoms with Gasteiger partial charge in [-0.3, -0.25) is 4.79 Å². The van der Waals surface area contributed by atoms with E-state index in [1.54, 1.807) is 0 Å². The molecular formula is C17H17F17N2O3. The van der Waals surface area contributed by atoms with Gasteiger partial charge >= 0.3 is 47.6 Å². The highest BCUT2D eigenvalue weighted by molar-refractivity contribution is 5.84. The highest BCUT2D eigenvalue weighted by atomic mass is 19.4. The van der Waals surface area contributed by atoms with Gasteiger partial charge in [-0.25, -0.2) is 0 Å². The molecule has 0 rings (SSSR count). The Bertz CT molecular complexity index is 899. The van der Waals surface area contributed by atoms with Gasteiger partial charge in [0, 0.05) is 25.4 Å². The fourth-order valence-corrected chi connectivity index (χ4v) is 2.63. The number of quaternary nitrogens is 1. The number of nitrogens with zero attached hydrogens (tertiary/aromatic N) is 1. The number of nitrogens with one attached hydrogen (secondary N) is 1. The monoisotopic (exact) mass is 620 g/mol. The van der Waals surface area contributed by atoms with Crippen molar-refractivity contribution in [3.8, 4) is 0 Å². The van der Waals surface area contributed by atoms with Crippen LogP contribution in [0.5, 0.6) is 0 Å². The molecule has 0 unspecified atom stereocenters. The molecule has 0 aromatic heterocycles. The molecule has 0 spiro atoms. The summed E-state index contributed by atoms with van der Waals surface area (Å²) >= 11 is 0. The van der Waals surface area contributed by atoms with E-state index in [4.69, 9.17) is 0 Å². The van der Waals surface area contributed by atoms with Crippen LogP contribution in [0.1, 0.15) is 12.8 Å². The number of rotatable bonds is 14. The van der Waals surface area contributed by atoms with Crippen molar-refractivity contribution in [2.75, 3.05) is 33.7 Å². The van der Waals surface area contributed by atoms with Gasteiger partial charge in [-0.2, -0.15) is 74.6 Å². The maximum absolute atomic E-state index is 13.8. The van der Waals surface area contributed by atoms with Crippen LogP contribution in [0.3, 0.4) is 0 Å². The number of carbonyl (C=O) groups is 2. The molecule has 0 aliphatic carbocycles. The average molecular weight is 620 g/mol. The molecule has 1 amide bonds. The minimum Gasteiger partial charge on any atom is -0.550 e. The van der Waals surface area contributed by atoms with Gasteiger partial charge in [-0.1, -0.05) is 0 Å². The van der Waals surface area contributed by atoms with E-state index in [2.05, 4.69) is 0 Å². The van der Waals surface area contributed by atoms with Crippen molar-refractivity contribution in [3.63, 3.8) is 0 Å². The molecule has 0 heterocycles. The Morgan fingerprint density at radius 1 is 0.615 bits per heavy atom. The average Bonchev–Trinajstić information content (AvgIpc) is 2.73. The zero-order chi connectivity index (χ0) is 31.9. The topological polar surface area (TPSA) is 69.2 Å². The van der Waals surface area contributed by atoms with Crippen molar-refractivity contribution < 1.29 is 93.8 Å². The van der Waals surface area contributed by atoms with E-state index >= 15 is 0 Å². The van der Waals surface area contributed by atoms with Crippen molar-refractivity contribution in [1.29, 1.82) is 0 Å². The zero-order valence-electron chi connectivity index (χ0n) is 19.1. The Hall–Kier alpha value is -2.29. The van der Waals surface area contributed by atoms with Crippen LogP contribution in [0.25, 0.3) is 0 Å². The smallest absolute Gasteiger partial charge is 0.460 e. The minimum absolute atomic E-state index is 0.182. The molecule has 5 nitrogen and oxygen atoms in total. The summed E-state index contributed by atoms with van der Waals surface area (Å²) in [5.74, 6) is -63.3. The van der Waals surface area contributed by atoms with Crippen LogP contribution in [0, 0.1) is 0 Å². The van der Waals surface area contributed by atoms with Crippen molar-refractivity contribution in [1.82, 2.24) is 5.32 Å². The molecule has 0 aliphatic rings. The Labute approximate surface area is 206 Å². The normalized spacial score (nSPS) is 15.4. The summed E-state index contributed by atoms with van der Waals surface area (Å²) in [4.78, 5) is 21.8. The number of halogens is 17. The van der Waals surface area contributed by atoms with E-state index < -0.39 is 78.9 Å². The number of carboxylic acids is 1. The lowest BCUT2D eigenvalue weighted by atomic mass is 9.89. The summed E-state index contributed by atoms with van der Waals surface area (Å²) in [7, 11) is 2.63. The molecule has 0 aromatic rings. The number of carboxylic acid groups (broad SMARTS) is 1. The Morgan fingerprint density at radius 2 is 0.974 bits per heavy atom. The molecule has 0 atom stereocenters. The summed E-state index contributed by atoms with van der Waals surface area (Å²) in [6.45, 7) is -1.60. The second-order valence-electron chi connectivity index (χ2n) is 8.63. The molecule has 0 fully saturated rings. The summed E-state index contributed by atoms with van der Waals surface area (Å²) < 4.78 is 224. The number of aliphatic carboxylic acids is 1. The van der Waals surface area contributed by atoms with Crippen LogP contribution >= 0.6 is 0 Å². The quantitative estimate of drug-likeness (QED) is 0.183. The van der Waals surface area contributed by atoms with Gasteiger partial charge in [0.05, 0.1) is 27.2 Å². The van der Waals surface area contributed by atoms with Crippen LogP contribution in [-0.2, 0) is 9.59 Å². The number of alkyl halides is 17. The van der Waals surface area contributed by atoms with Gasteiger partial charge in [0.25, 0.3) is 5.91 Å². The third-order valence-electron chi connectivity index (χ3n) is 5.15. The molecule has 0 saturated carbocycles. The van der Waals surface area contributed by atoms with Crippen molar-refractivity contribution in [2.24, 2.45) is 0 Å². The van der Waals surface area contributed by atoms with Gasteiger partial charge in [-0.05, 0) is 0 Å². The van der Waals surface area contributed by atoms with E-state index in [0.717, 1.165) is 5.32 Å². The standard InChI is InChI=1S/C17H17F17N2O3/c1-36(2,7-4-8(37)38)6-3-5-35-9(39)10(18,19)11(20,21)12(22,23)13(24,25)14(26,27)15(28,29)16(30,31)17(32,33)34/h3-7H2,1-2H3,(H-,35,37,38,39). The van der Waals surface area contributed by atoms with Gasteiger partial charge in [0.15, 0.2) is 0 Å². The fraction of sp³-hybridized carbons (Fsp3) is 0.882. The van der Waals surface area contributed by atoms with Gasteiger partial charge in [-0.15, -0.1) is 0 Å². The lowest BCUT2D eigenvalue weighted by molar-refractivity contribution is -0.890. The van der Waals surface area contributed by atoms with Crippen LogP contribution in [-0.4, -0.2) is 97.7 Å². The molecule has 39 heavy (non-hydrogen) atoms. The van der Waals surface area contributed by atoms with Gasteiger partial charge < -0.3 is 19.7 Å². The predicted octanol–water partition coefficient (Wildman–Crippen LogP) is 3.72. The Balaban J connectivity index is 6.05. The molecule has 0 bridgehead atoms. The van der Waals surface area contributed by atoms with Crippen molar-refractivity contribution in [2.45, 2.75) is 60.5 Å². The molecule has 1 N–H and O–H groups in total. The third-order valence-corrected chi connectivity index (χ3v) is 5.15. The lowest BCUT2D eigenvalue weighted by Gasteiger charge is -2.42. The summed E-state index contributed by atoms with van der Waals surface area (Å²) in [5, 5.41) is 11.2. The number of hydrogen-bond donors (Lipinski definition) is 1. The second kappa shape index (κ2) is 10.6. The first-order chi connectivity index (χ1) is 16.8. The highest BCUT2D eigenvalue weighted by Gasteiger charge is 2.95. The van der Waals surface area contributed by atoms with E-state index in [-0.39, 0.29) is 17.6 Å². The van der Waals surface area contributed by atoms with Gasteiger partial charge in [0.1, 0.15) is 0 Å². The largest absolute Gasteiger partial charge is 0.550 e. The predicted molar refractivity (Wildman–Crippen MR) is 89.8 cm³/mol. The fourth-order valence-electron chi connectivity index (χ4n) is 2.63. The zero-order valence-corrected chi connectivity index (χ0v) is 19.1. The van der Waals surface area contributed by atoms with Crippen LogP contribution in [0.2, 0.25) is 0 Å². The molecule has 22 heteroatoms.